The summed E-state index contributed by atoms with van der Waals surface area (Å²) < 4.78 is 11.1. The van der Waals surface area contributed by atoms with Crippen LogP contribution in [0.1, 0.15) is 36.7 Å². The minimum absolute atomic E-state index is 0.116. The van der Waals surface area contributed by atoms with Gasteiger partial charge in [-0.15, -0.1) is 0 Å². The van der Waals surface area contributed by atoms with Gasteiger partial charge in [-0.1, -0.05) is 57.2 Å². The number of fused-ring (bicyclic) bond motifs is 1. The highest BCUT2D eigenvalue weighted by Gasteiger charge is 2.14. The third-order valence-electron chi connectivity index (χ3n) is 4.69. The standard InChI is InChI=1S/C24H27NO3/c1-24(2,3)19-9-11-20(12-10-19)28-14-13-25-23(26)21-15-17-7-5-6-8-18(17)16-22(21)27-4/h5-12,15-16H,13-14H2,1-4H3,(H,25,26). The van der Waals surface area contributed by atoms with Crippen molar-refractivity contribution in [1.82, 2.24) is 5.32 Å². The topological polar surface area (TPSA) is 47.6 Å². The summed E-state index contributed by atoms with van der Waals surface area (Å²) in [6.07, 6.45) is 0. The van der Waals surface area contributed by atoms with Gasteiger partial charge in [0.15, 0.2) is 0 Å². The highest BCUT2D eigenvalue weighted by Crippen LogP contribution is 2.26. The molecule has 0 bridgehead atoms. The predicted octanol–water partition coefficient (Wildman–Crippen LogP) is 4.95. The number of carbonyl (C=O) groups is 1. The number of hydrogen-bond donors (Lipinski definition) is 1. The van der Waals surface area contributed by atoms with Gasteiger partial charge in [-0.2, -0.15) is 0 Å². The van der Waals surface area contributed by atoms with Crippen molar-refractivity contribution in [2.45, 2.75) is 26.2 Å². The van der Waals surface area contributed by atoms with Crippen LogP contribution in [0.2, 0.25) is 0 Å². The van der Waals surface area contributed by atoms with Gasteiger partial charge in [-0.05, 0) is 46.0 Å². The van der Waals surface area contributed by atoms with E-state index in [0.717, 1.165) is 16.5 Å². The van der Waals surface area contributed by atoms with Crippen LogP contribution >= 0.6 is 0 Å². The van der Waals surface area contributed by atoms with E-state index in [0.29, 0.717) is 24.5 Å². The third-order valence-corrected chi connectivity index (χ3v) is 4.69. The minimum atomic E-state index is -0.172. The van der Waals surface area contributed by atoms with E-state index in [-0.39, 0.29) is 11.3 Å². The molecule has 0 aromatic heterocycles. The van der Waals surface area contributed by atoms with Crippen molar-refractivity contribution in [2.75, 3.05) is 20.3 Å². The summed E-state index contributed by atoms with van der Waals surface area (Å²) in [6, 6.07) is 19.7. The van der Waals surface area contributed by atoms with Crippen molar-refractivity contribution in [1.29, 1.82) is 0 Å². The number of ether oxygens (including phenoxy) is 2. The lowest BCUT2D eigenvalue weighted by Gasteiger charge is -2.19. The Labute approximate surface area is 166 Å². The molecule has 0 spiro atoms. The van der Waals surface area contributed by atoms with Crippen LogP contribution in [-0.4, -0.2) is 26.2 Å². The molecule has 4 nitrogen and oxygen atoms in total. The van der Waals surface area contributed by atoms with Gasteiger partial charge in [-0.25, -0.2) is 0 Å². The number of benzene rings is 3. The first-order valence-corrected chi connectivity index (χ1v) is 9.47. The molecule has 3 aromatic rings. The molecule has 0 saturated carbocycles. The number of methoxy groups -OCH3 is 1. The maximum Gasteiger partial charge on any atom is 0.255 e. The molecule has 1 N–H and O–H groups in total. The van der Waals surface area contributed by atoms with E-state index in [2.05, 4.69) is 38.2 Å². The zero-order valence-electron chi connectivity index (χ0n) is 16.9. The summed E-state index contributed by atoms with van der Waals surface area (Å²) in [5, 5.41) is 4.94. The normalized spacial score (nSPS) is 11.3. The fourth-order valence-electron chi connectivity index (χ4n) is 3.05. The Kier molecular flexibility index (Phi) is 5.88. The second-order valence-electron chi connectivity index (χ2n) is 7.78. The van der Waals surface area contributed by atoms with E-state index in [1.54, 1.807) is 7.11 Å². The van der Waals surface area contributed by atoms with Crippen LogP contribution in [0.3, 0.4) is 0 Å². The van der Waals surface area contributed by atoms with Crippen molar-refractivity contribution in [3.63, 3.8) is 0 Å². The molecule has 4 heteroatoms. The fourth-order valence-corrected chi connectivity index (χ4v) is 3.05. The first-order valence-electron chi connectivity index (χ1n) is 9.47. The molecule has 0 aliphatic heterocycles. The minimum Gasteiger partial charge on any atom is -0.496 e. The zero-order valence-corrected chi connectivity index (χ0v) is 16.9. The van der Waals surface area contributed by atoms with Gasteiger partial charge < -0.3 is 14.8 Å². The Morgan fingerprint density at radius 1 is 0.964 bits per heavy atom. The first-order chi connectivity index (χ1) is 13.4. The number of nitrogens with one attached hydrogen (secondary N) is 1. The van der Waals surface area contributed by atoms with Crippen molar-refractivity contribution >= 4 is 16.7 Å². The Hall–Kier alpha value is -3.01. The summed E-state index contributed by atoms with van der Waals surface area (Å²) in [5.41, 5.74) is 1.90. The quantitative estimate of drug-likeness (QED) is 0.618. The lowest BCUT2D eigenvalue weighted by Crippen LogP contribution is -2.28. The van der Waals surface area contributed by atoms with Crippen LogP contribution in [0.4, 0.5) is 0 Å². The Morgan fingerprint density at radius 2 is 1.61 bits per heavy atom. The van der Waals surface area contributed by atoms with E-state index in [9.17, 15) is 4.79 Å². The van der Waals surface area contributed by atoms with Crippen molar-refractivity contribution < 1.29 is 14.3 Å². The van der Waals surface area contributed by atoms with Crippen molar-refractivity contribution in [2.24, 2.45) is 0 Å². The molecule has 0 unspecified atom stereocenters. The van der Waals surface area contributed by atoms with Crippen LogP contribution in [0.15, 0.2) is 60.7 Å². The summed E-state index contributed by atoms with van der Waals surface area (Å²) in [6.45, 7) is 7.35. The van der Waals surface area contributed by atoms with Crippen LogP contribution < -0.4 is 14.8 Å². The van der Waals surface area contributed by atoms with Crippen molar-refractivity contribution in [3.05, 3.63) is 71.8 Å². The van der Waals surface area contributed by atoms with Crippen LogP contribution in [0.5, 0.6) is 11.5 Å². The summed E-state index contributed by atoms with van der Waals surface area (Å²) >= 11 is 0. The van der Waals surface area contributed by atoms with Gasteiger partial charge in [0, 0.05) is 0 Å². The second kappa shape index (κ2) is 8.34. The largest absolute Gasteiger partial charge is 0.496 e. The molecule has 0 atom stereocenters. The van der Waals surface area contributed by atoms with Crippen molar-refractivity contribution in [3.8, 4) is 11.5 Å². The Bertz CT molecular complexity index is 956. The average Bonchev–Trinajstić information content (AvgIpc) is 2.69. The van der Waals surface area contributed by atoms with Crippen LogP contribution in [-0.2, 0) is 5.41 Å². The molecule has 0 fully saturated rings. The molecular formula is C24H27NO3. The van der Waals surface area contributed by atoms with Gasteiger partial charge in [0.05, 0.1) is 19.2 Å². The Morgan fingerprint density at radius 3 is 2.21 bits per heavy atom. The summed E-state index contributed by atoms with van der Waals surface area (Å²) in [7, 11) is 1.57. The highest BCUT2D eigenvalue weighted by molar-refractivity contribution is 6.01. The highest BCUT2D eigenvalue weighted by atomic mass is 16.5. The molecule has 0 aliphatic rings. The third kappa shape index (κ3) is 4.63. The van der Waals surface area contributed by atoms with E-state index >= 15 is 0 Å². The van der Waals surface area contributed by atoms with Gasteiger partial charge in [0.25, 0.3) is 5.91 Å². The first kappa shape index (κ1) is 19.7. The number of rotatable bonds is 6. The van der Waals surface area contributed by atoms with Gasteiger partial charge in [0.2, 0.25) is 0 Å². The fraction of sp³-hybridized carbons (Fsp3) is 0.292. The smallest absolute Gasteiger partial charge is 0.255 e. The van der Waals surface area contributed by atoms with E-state index in [4.69, 9.17) is 9.47 Å². The lowest BCUT2D eigenvalue weighted by molar-refractivity contribution is 0.0944. The van der Waals surface area contributed by atoms with Crippen LogP contribution in [0.25, 0.3) is 10.8 Å². The summed E-state index contributed by atoms with van der Waals surface area (Å²) in [5.74, 6) is 1.19. The predicted molar refractivity (Wildman–Crippen MR) is 113 cm³/mol. The molecule has 3 aromatic carbocycles. The van der Waals surface area contributed by atoms with Crippen LogP contribution in [0, 0.1) is 0 Å². The molecule has 1 amide bonds. The molecule has 3 rings (SSSR count). The van der Waals surface area contributed by atoms with Gasteiger partial charge in [-0.3, -0.25) is 4.79 Å². The number of hydrogen-bond acceptors (Lipinski definition) is 3. The maximum absolute atomic E-state index is 12.6. The van der Waals surface area contributed by atoms with E-state index in [1.807, 2.05) is 48.5 Å². The Balaban J connectivity index is 1.58. The average molecular weight is 377 g/mol. The lowest BCUT2D eigenvalue weighted by atomic mass is 9.87. The molecule has 146 valence electrons. The SMILES string of the molecule is COc1cc2ccccc2cc1C(=O)NCCOc1ccc(C(C)(C)C)cc1. The zero-order chi connectivity index (χ0) is 20.1. The number of amides is 1. The summed E-state index contributed by atoms with van der Waals surface area (Å²) in [4.78, 5) is 12.6. The molecule has 28 heavy (non-hydrogen) atoms. The molecule has 0 aliphatic carbocycles. The molecular weight excluding hydrogens is 350 g/mol. The molecule has 0 saturated heterocycles. The van der Waals surface area contributed by atoms with Gasteiger partial charge in [0.1, 0.15) is 18.1 Å². The monoisotopic (exact) mass is 377 g/mol. The maximum atomic E-state index is 12.6. The number of carbonyl (C=O) groups excluding carboxylic acids is 1. The molecule has 0 radical (unpaired) electrons. The second-order valence-corrected chi connectivity index (χ2v) is 7.78. The van der Waals surface area contributed by atoms with E-state index in [1.165, 1.54) is 5.56 Å². The molecule has 0 heterocycles. The van der Waals surface area contributed by atoms with Gasteiger partial charge >= 0.3 is 0 Å². The van der Waals surface area contributed by atoms with E-state index < -0.39 is 0 Å².